The van der Waals surface area contributed by atoms with E-state index < -0.39 is 6.10 Å². The van der Waals surface area contributed by atoms with Gasteiger partial charge in [-0.3, -0.25) is 0 Å². The van der Waals surface area contributed by atoms with Crippen LogP contribution in [0.25, 0.3) is 0 Å². The van der Waals surface area contributed by atoms with Crippen LogP contribution in [-0.2, 0) is 4.74 Å². The van der Waals surface area contributed by atoms with Crippen molar-refractivity contribution in [3.05, 3.63) is 0 Å². The summed E-state index contributed by atoms with van der Waals surface area (Å²) < 4.78 is 5.92. The fourth-order valence-electron chi connectivity index (χ4n) is 2.96. The zero-order chi connectivity index (χ0) is 14.6. The number of aliphatic hydroxyl groups is 2. The van der Waals surface area contributed by atoms with E-state index in [1.807, 2.05) is 0 Å². The first kappa shape index (κ1) is 17.9. The Labute approximate surface area is 123 Å². The summed E-state index contributed by atoms with van der Waals surface area (Å²) in [5.41, 5.74) is 0. The molecule has 3 unspecified atom stereocenters. The maximum atomic E-state index is 9.91. The van der Waals surface area contributed by atoms with Gasteiger partial charge < -0.3 is 20.3 Å². The third-order valence-corrected chi connectivity index (χ3v) is 4.26. The van der Waals surface area contributed by atoms with Crippen LogP contribution < -0.4 is 5.32 Å². The van der Waals surface area contributed by atoms with Crippen molar-refractivity contribution in [3.8, 4) is 0 Å². The van der Waals surface area contributed by atoms with Crippen molar-refractivity contribution in [2.45, 2.75) is 70.5 Å². The molecule has 20 heavy (non-hydrogen) atoms. The van der Waals surface area contributed by atoms with Crippen molar-refractivity contribution in [3.63, 3.8) is 0 Å². The summed E-state index contributed by atoms with van der Waals surface area (Å²) in [6, 6.07) is 0. The highest BCUT2D eigenvalue weighted by Crippen LogP contribution is 2.29. The van der Waals surface area contributed by atoms with Gasteiger partial charge in [0.25, 0.3) is 0 Å². The van der Waals surface area contributed by atoms with Crippen LogP contribution in [0.5, 0.6) is 0 Å². The van der Waals surface area contributed by atoms with Crippen molar-refractivity contribution in [2.24, 2.45) is 5.92 Å². The van der Waals surface area contributed by atoms with Gasteiger partial charge in [0.15, 0.2) is 0 Å². The summed E-state index contributed by atoms with van der Waals surface area (Å²) in [6.45, 7) is 4.46. The Morgan fingerprint density at radius 2 is 2.00 bits per heavy atom. The van der Waals surface area contributed by atoms with E-state index in [9.17, 15) is 5.11 Å². The Balaban J connectivity index is 2.02. The normalized spacial score (nSPS) is 24.8. The zero-order valence-electron chi connectivity index (χ0n) is 13.0. The molecule has 0 radical (unpaired) electrons. The lowest BCUT2D eigenvalue weighted by molar-refractivity contribution is -0.0498. The Hall–Kier alpha value is -0.160. The number of hydrogen-bond donors (Lipinski definition) is 3. The van der Waals surface area contributed by atoms with Crippen molar-refractivity contribution >= 4 is 0 Å². The van der Waals surface area contributed by atoms with Crippen LogP contribution >= 0.6 is 0 Å². The highest BCUT2D eigenvalue weighted by Gasteiger charge is 2.24. The lowest BCUT2D eigenvalue weighted by atomic mass is 9.85. The fourth-order valence-corrected chi connectivity index (χ4v) is 2.96. The molecule has 0 aromatic carbocycles. The molecule has 0 bridgehead atoms. The van der Waals surface area contributed by atoms with Gasteiger partial charge in [0, 0.05) is 13.2 Å². The molecule has 4 heteroatoms. The number of hydrogen-bond acceptors (Lipinski definition) is 4. The second-order valence-corrected chi connectivity index (χ2v) is 5.97. The molecule has 0 saturated heterocycles. The summed E-state index contributed by atoms with van der Waals surface area (Å²) in [4.78, 5) is 0. The molecular weight excluding hydrogens is 254 g/mol. The first-order chi connectivity index (χ1) is 9.77. The van der Waals surface area contributed by atoms with Gasteiger partial charge in [-0.2, -0.15) is 0 Å². The molecule has 1 fully saturated rings. The third-order valence-electron chi connectivity index (χ3n) is 4.26. The first-order valence-corrected chi connectivity index (χ1v) is 8.39. The Bertz CT molecular complexity index is 226. The van der Waals surface area contributed by atoms with E-state index in [1.54, 1.807) is 0 Å². The van der Waals surface area contributed by atoms with Gasteiger partial charge in [0.2, 0.25) is 0 Å². The summed E-state index contributed by atoms with van der Waals surface area (Å²) >= 11 is 0. The minimum atomic E-state index is -0.410. The van der Waals surface area contributed by atoms with Crippen LogP contribution in [-0.4, -0.2) is 48.7 Å². The van der Waals surface area contributed by atoms with Gasteiger partial charge in [-0.15, -0.1) is 0 Å². The maximum Gasteiger partial charge on any atom is 0.0897 e. The molecule has 4 nitrogen and oxygen atoms in total. The van der Waals surface area contributed by atoms with E-state index >= 15 is 0 Å². The number of rotatable bonds is 11. The van der Waals surface area contributed by atoms with Gasteiger partial charge in [0.1, 0.15) is 0 Å². The zero-order valence-corrected chi connectivity index (χ0v) is 13.0. The number of aliphatic hydroxyl groups excluding tert-OH is 2. The lowest BCUT2D eigenvalue weighted by Crippen LogP contribution is -2.35. The van der Waals surface area contributed by atoms with Crippen LogP contribution in [0.2, 0.25) is 0 Å². The van der Waals surface area contributed by atoms with Gasteiger partial charge >= 0.3 is 0 Å². The highest BCUT2D eigenvalue weighted by molar-refractivity contribution is 4.75. The van der Waals surface area contributed by atoms with Gasteiger partial charge in [-0.25, -0.2) is 0 Å². The molecule has 0 aliphatic heterocycles. The molecule has 0 heterocycles. The Morgan fingerprint density at radius 3 is 2.75 bits per heavy atom. The first-order valence-electron chi connectivity index (χ1n) is 8.39. The molecule has 1 aliphatic rings. The second kappa shape index (κ2) is 11.5. The molecule has 0 aromatic rings. The van der Waals surface area contributed by atoms with Crippen LogP contribution in [0.1, 0.15) is 58.3 Å². The van der Waals surface area contributed by atoms with E-state index in [4.69, 9.17) is 9.84 Å². The van der Waals surface area contributed by atoms with Crippen LogP contribution in [0.15, 0.2) is 0 Å². The van der Waals surface area contributed by atoms with E-state index in [0.29, 0.717) is 25.2 Å². The third kappa shape index (κ3) is 7.58. The topological polar surface area (TPSA) is 61.7 Å². The van der Waals surface area contributed by atoms with Gasteiger partial charge in [-0.1, -0.05) is 26.2 Å². The van der Waals surface area contributed by atoms with Crippen LogP contribution in [0.3, 0.4) is 0 Å². The molecule has 3 N–H and O–H groups in total. The predicted octanol–water partition coefficient (Wildman–Crippen LogP) is 2.08. The highest BCUT2D eigenvalue weighted by atomic mass is 16.5. The van der Waals surface area contributed by atoms with E-state index in [-0.39, 0.29) is 6.61 Å². The molecule has 0 spiro atoms. The monoisotopic (exact) mass is 287 g/mol. The average Bonchev–Trinajstić information content (AvgIpc) is 2.49. The molecule has 0 aromatic heterocycles. The molecular formula is C16H33NO3. The minimum Gasteiger partial charge on any atom is -0.396 e. The quantitative estimate of drug-likeness (QED) is 0.509. The standard InChI is InChI=1S/C16H33NO3/c1-2-14-8-4-5-9-16(14)20-13-15(19)12-17-10-6-3-7-11-18/h14-19H,2-13H2,1H3. The summed E-state index contributed by atoms with van der Waals surface area (Å²) in [6.07, 6.45) is 9.11. The van der Waals surface area contributed by atoms with E-state index in [2.05, 4.69) is 12.2 Å². The SMILES string of the molecule is CCC1CCCCC1OCC(O)CNCCCCCO. The van der Waals surface area contributed by atoms with Crippen molar-refractivity contribution in [1.29, 1.82) is 0 Å². The maximum absolute atomic E-state index is 9.91. The molecule has 1 rings (SSSR count). The number of unbranched alkanes of at least 4 members (excludes halogenated alkanes) is 2. The molecule has 3 atom stereocenters. The van der Waals surface area contributed by atoms with Crippen LogP contribution in [0, 0.1) is 5.92 Å². The fraction of sp³-hybridized carbons (Fsp3) is 1.00. The van der Waals surface area contributed by atoms with Crippen LogP contribution in [0.4, 0.5) is 0 Å². The second-order valence-electron chi connectivity index (χ2n) is 5.97. The van der Waals surface area contributed by atoms with Crippen molar-refractivity contribution in [2.75, 3.05) is 26.3 Å². The van der Waals surface area contributed by atoms with Gasteiger partial charge in [-0.05, 0) is 44.6 Å². The van der Waals surface area contributed by atoms with E-state index in [0.717, 1.165) is 32.2 Å². The largest absolute Gasteiger partial charge is 0.396 e. The Morgan fingerprint density at radius 1 is 1.20 bits per heavy atom. The molecule has 0 amide bonds. The molecule has 120 valence electrons. The van der Waals surface area contributed by atoms with Gasteiger partial charge in [0.05, 0.1) is 18.8 Å². The average molecular weight is 287 g/mol. The molecule has 1 saturated carbocycles. The number of nitrogens with one attached hydrogen (secondary N) is 1. The smallest absolute Gasteiger partial charge is 0.0897 e. The Kier molecular flexibility index (Phi) is 10.3. The van der Waals surface area contributed by atoms with Crippen molar-refractivity contribution in [1.82, 2.24) is 5.32 Å². The minimum absolute atomic E-state index is 0.274. The van der Waals surface area contributed by atoms with Crippen molar-refractivity contribution < 1.29 is 14.9 Å². The molecule has 1 aliphatic carbocycles. The summed E-state index contributed by atoms with van der Waals surface area (Å²) in [7, 11) is 0. The lowest BCUT2D eigenvalue weighted by Gasteiger charge is -2.31. The van der Waals surface area contributed by atoms with E-state index in [1.165, 1.54) is 25.7 Å². The predicted molar refractivity (Wildman–Crippen MR) is 81.8 cm³/mol. The summed E-state index contributed by atoms with van der Waals surface area (Å²) in [5, 5.41) is 21.8. The number of ether oxygens (including phenoxy) is 1. The summed E-state index contributed by atoms with van der Waals surface area (Å²) in [5.74, 6) is 0.683.